The first-order valence-corrected chi connectivity index (χ1v) is 8.60. The van der Waals surface area contributed by atoms with E-state index in [-0.39, 0.29) is 23.6 Å². The third-order valence-corrected chi connectivity index (χ3v) is 4.70. The third kappa shape index (κ3) is 3.42. The zero-order valence-electron chi connectivity index (χ0n) is 14.0. The Bertz CT molecular complexity index is 805. The summed E-state index contributed by atoms with van der Waals surface area (Å²) in [5.41, 5.74) is 1.39. The molecule has 1 saturated carbocycles. The van der Waals surface area contributed by atoms with Crippen LogP contribution >= 0.6 is 0 Å². The van der Waals surface area contributed by atoms with Crippen molar-refractivity contribution in [1.29, 1.82) is 0 Å². The number of rotatable bonds is 5. The summed E-state index contributed by atoms with van der Waals surface area (Å²) >= 11 is 0. The molecule has 0 aromatic carbocycles. The predicted molar refractivity (Wildman–Crippen MR) is 86.1 cm³/mol. The van der Waals surface area contributed by atoms with Gasteiger partial charge in [0.2, 0.25) is 0 Å². The molecule has 2 aromatic heterocycles. The third-order valence-electron chi connectivity index (χ3n) is 4.70. The van der Waals surface area contributed by atoms with E-state index in [1.54, 1.807) is 13.0 Å². The summed E-state index contributed by atoms with van der Waals surface area (Å²) in [5.74, 6) is 1.45. The highest BCUT2D eigenvalue weighted by Crippen LogP contribution is 2.28. The van der Waals surface area contributed by atoms with Crippen molar-refractivity contribution >= 4 is 11.8 Å². The summed E-state index contributed by atoms with van der Waals surface area (Å²) in [6.07, 6.45) is 4.24. The molecule has 1 atom stereocenters. The van der Waals surface area contributed by atoms with Crippen molar-refractivity contribution < 1.29 is 18.6 Å². The largest absolute Gasteiger partial charge is 0.361 e. The Balaban J connectivity index is 1.42. The van der Waals surface area contributed by atoms with Crippen molar-refractivity contribution in [3.63, 3.8) is 0 Å². The Morgan fingerprint density at radius 3 is 2.76 bits per heavy atom. The maximum absolute atomic E-state index is 12.3. The number of hydrogen-bond acceptors (Lipinski definition) is 6. The first kappa shape index (κ1) is 15.9. The monoisotopic (exact) mass is 344 g/mol. The summed E-state index contributed by atoms with van der Waals surface area (Å²) in [5, 5.41) is 13.5. The van der Waals surface area contributed by atoms with Crippen LogP contribution in [0.4, 0.5) is 0 Å². The van der Waals surface area contributed by atoms with Gasteiger partial charge in [-0.25, -0.2) is 0 Å². The van der Waals surface area contributed by atoms with Gasteiger partial charge < -0.3 is 19.7 Å². The van der Waals surface area contributed by atoms with Crippen molar-refractivity contribution in [2.24, 2.45) is 5.92 Å². The Kier molecular flexibility index (Phi) is 4.03. The van der Waals surface area contributed by atoms with Gasteiger partial charge in [-0.1, -0.05) is 10.3 Å². The van der Waals surface area contributed by atoms with Gasteiger partial charge in [0.05, 0.1) is 0 Å². The molecule has 2 heterocycles. The Hall–Kier alpha value is -2.64. The number of carbonyl (C=O) groups excluding carboxylic acids is 2. The lowest BCUT2D eigenvalue weighted by Gasteiger charge is -2.22. The lowest BCUT2D eigenvalue weighted by Crippen LogP contribution is -2.39. The van der Waals surface area contributed by atoms with Crippen LogP contribution in [0, 0.1) is 12.8 Å². The number of aryl methyl sites for hydroxylation is 2. The average molecular weight is 344 g/mol. The standard InChI is InChI=1S/C17H20N4O4/c1-9-6-13(20-24-9)16(22)19-11-4-5-14-12(7-11)15(21-25-14)17(23)18-8-10-2-3-10/h6,10-11H,2-5,7-8H2,1H3,(H,18,23)(H,19,22). The van der Waals surface area contributed by atoms with Crippen LogP contribution in [0.1, 0.15) is 57.3 Å². The molecule has 25 heavy (non-hydrogen) atoms. The fourth-order valence-corrected chi connectivity index (χ4v) is 3.08. The Labute approximate surface area is 144 Å². The van der Waals surface area contributed by atoms with Crippen LogP contribution in [0.3, 0.4) is 0 Å². The van der Waals surface area contributed by atoms with Crippen LogP contribution < -0.4 is 10.6 Å². The van der Waals surface area contributed by atoms with Gasteiger partial charge in [-0.3, -0.25) is 9.59 Å². The minimum Gasteiger partial charge on any atom is -0.361 e. The Morgan fingerprint density at radius 1 is 1.20 bits per heavy atom. The number of nitrogens with zero attached hydrogens (tertiary/aromatic N) is 2. The quantitative estimate of drug-likeness (QED) is 0.848. The molecule has 0 bridgehead atoms. The molecular formula is C17H20N4O4. The summed E-state index contributed by atoms with van der Waals surface area (Å²) < 4.78 is 10.3. The molecule has 8 nitrogen and oxygen atoms in total. The molecule has 2 amide bonds. The minimum atomic E-state index is -0.276. The van der Waals surface area contributed by atoms with E-state index in [0.29, 0.717) is 36.8 Å². The van der Waals surface area contributed by atoms with Gasteiger partial charge >= 0.3 is 0 Å². The molecule has 2 aliphatic rings. The van der Waals surface area contributed by atoms with Gasteiger partial charge in [0.25, 0.3) is 11.8 Å². The summed E-state index contributed by atoms with van der Waals surface area (Å²) in [7, 11) is 0. The normalized spacial score (nSPS) is 19.3. The van der Waals surface area contributed by atoms with Gasteiger partial charge in [-0.05, 0) is 38.5 Å². The molecule has 2 aromatic rings. The minimum absolute atomic E-state index is 0.0913. The molecule has 0 radical (unpaired) electrons. The van der Waals surface area contributed by atoms with E-state index in [2.05, 4.69) is 20.9 Å². The molecule has 1 unspecified atom stereocenters. The average Bonchev–Trinajstić information content (AvgIpc) is 3.17. The molecule has 2 N–H and O–H groups in total. The first-order valence-electron chi connectivity index (χ1n) is 8.60. The number of carbonyl (C=O) groups is 2. The number of amides is 2. The lowest BCUT2D eigenvalue weighted by molar-refractivity contribution is 0.0922. The second-order valence-electron chi connectivity index (χ2n) is 6.82. The van der Waals surface area contributed by atoms with Gasteiger partial charge in [-0.2, -0.15) is 0 Å². The Morgan fingerprint density at radius 2 is 2.04 bits per heavy atom. The van der Waals surface area contributed by atoms with E-state index < -0.39 is 0 Å². The van der Waals surface area contributed by atoms with Crippen molar-refractivity contribution in [3.8, 4) is 0 Å². The van der Waals surface area contributed by atoms with E-state index in [1.165, 1.54) is 12.8 Å². The smallest absolute Gasteiger partial charge is 0.273 e. The molecular weight excluding hydrogens is 324 g/mol. The first-order chi connectivity index (χ1) is 12.1. The van der Waals surface area contributed by atoms with E-state index >= 15 is 0 Å². The van der Waals surface area contributed by atoms with E-state index in [9.17, 15) is 9.59 Å². The number of hydrogen-bond donors (Lipinski definition) is 2. The van der Waals surface area contributed by atoms with E-state index in [4.69, 9.17) is 9.05 Å². The number of fused-ring (bicyclic) bond motifs is 1. The fourth-order valence-electron chi connectivity index (χ4n) is 3.08. The van der Waals surface area contributed by atoms with Crippen LogP contribution in [-0.2, 0) is 12.8 Å². The highest BCUT2D eigenvalue weighted by molar-refractivity contribution is 5.94. The van der Waals surface area contributed by atoms with Crippen LogP contribution in [0.2, 0.25) is 0 Å². The highest BCUT2D eigenvalue weighted by atomic mass is 16.5. The van der Waals surface area contributed by atoms with Crippen LogP contribution in [0.15, 0.2) is 15.1 Å². The van der Waals surface area contributed by atoms with Crippen LogP contribution in [0.25, 0.3) is 0 Å². The fraction of sp³-hybridized carbons (Fsp3) is 0.529. The summed E-state index contributed by atoms with van der Waals surface area (Å²) in [4.78, 5) is 24.5. The zero-order chi connectivity index (χ0) is 17.4. The molecule has 4 rings (SSSR count). The topological polar surface area (TPSA) is 110 Å². The van der Waals surface area contributed by atoms with Gasteiger partial charge in [0.15, 0.2) is 11.4 Å². The van der Waals surface area contributed by atoms with Crippen molar-refractivity contribution in [1.82, 2.24) is 20.9 Å². The van der Waals surface area contributed by atoms with Gasteiger partial charge in [-0.15, -0.1) is 0 Å². The molecule has 1 fully saturated rings. The van der Waals surface area contributed by atoms with Crippen LogP contribution in [-0.4, -0.2) is 34.7 Å². The van der Waals surface area contributed by atoms with Crippen molar-refractivity contribution in [2.75, 3.05) is 6.54 Å². The van der Waals surface area contributed by atoms with Crippen molar-refractivity contribution in [2.45, 2.75) is 45.1 Å². The van der Waals surface area contributed by atoms with Crippen LogP contribution in [0.5, 0.6) is 0 Å². The molecule has 132 valence electrons. The molecule has 0 aliphatic heterocycles. The maximum Gasteiger partial charge on any atom is 0.273 e. The maximum atomic E-state index is 12.3. The summed E-state index contributed by atoms with van der Waals surface area (Å²) in [6.45, 7) is 2.42. The molecule has 8 heteroatoms. The summed E-state index contributed by atoms with van der Waals surface area (Å²) in [6, 6.07) is 1.51. The molecule has 0 saturated heterocycles. The molecule has 0 spiro atoms. The van der Waals surface area contributed by atoms with Gasteiger partial charge in [0, 0.05) is 30.6 Å². The van der Waals surface area contributed by atoms with E-state index in [0.717, 1.165) is 17.7 Å². The lowest BCUT2D eigenvalue weighted by atomic mass is 9.91. The zero-order valence-corrected chi connectivity index (χ0v) is 14.0. The SMILES string of the molecule is Cc1cc(C(=O)NC2CCc3onc(C(=O)NCC4CC4)c3C2)no1. The second-order valence-corrected chi connectivity index (χ2v) is 6.82. The second kappa shape index (κ2) is 6.34. The van der Waals surface area contributed by atoms with E-state index in [1.807, 2.05) is 0 Å². The highest BCUT2D eigenvalue weighted by Gasteiger charge is 2.30. The van der Waals surface area contributed by atoms with Crippen molar-refractivity contribution in [3.05, 3.63) is 34.5 Å². The number of aromatic nitrogens is 2. The number of nitrogens with one attached hydrogen (secondary N) is 2. The van der Waals surface area contributed by atoms with Gasteiger partial charge in [0.1, 0.15) is 11.5 Å². The molecule has 2 aliphatic carbocycles. The predicted octanol–water partition coefficient (Wildman–Crippen LogP) is 1.40.